The van der Waals surface area contributed by atoms with Crippen LogP contribution in [0, 0.1) is 23.2 Å². The van der Waals surface area contributed by atoms with Gasteiger partial charge in [0.25, 0.3) is 0 Å². The molecule has 0 aromatic carbocycles. The second kappa shape index (κ2) is 9.46. The summed E-state index contributed by atoms with van der Waals surface area (Å²) in [7, 11) is 0. The summed E-state index contributed by atoms with van der Waals surface area (Å²) in [5, 5.41) is 18.8. The molecular formula is C29H36N8O3. The van der Waals surface area contributed by atoms with Crippen LogP contribution in [0.2, 0.25) is 0 Å². The van der Waals surface area contributed by atoms with Gasteiger partial charge in [0.05, 0.1) is 30.0 Å². The molecule has 210 valence electrons. The number of hydrogen-bond donors (Lipinski definition) is 0. The lowest BCUT2D eigenvalue weighted by Crippen LogP contribution is -2.49. The number of piperidine rings is 1. The molecule has 11 nitrogen and oxygen atoms in total. The maximum absolute atomic E-state index is 13.7. The van der Waals surface area contributed by atoms with Crippen molar-refractivity contribution in [1.29, 1.82) is 5.26 Å². The van der Waals surface area contributed by atoms with Crippen molar-refractivity contribution in [2.24, 2.45) is 11.8 Å². The quantitative estimate of drug-likeness (QED) is 0.576. The molecule has 40 heavy (non-hydrogen) atoms. The molecule has 2 saturated carbocycles. The van der Waals surface area contributed by atoms with Crippen molar-refractivity contribution in [2.45, 2.75) is 83.5 Å². The van der Waals surface area contributed by atoms with Crippen LogP contribution < -0.4 is 4.90 Å². The number of nitriles is 1. The molecule has 0 unspecified atom stereocenters. The summed E-state index contributed by atoms with van der Waals surface area (Å²) < 4.78 is 7.90. The van der Waals surface area contributed by atoms with E-state index in [4.69, 9.17) is 4.74 Å². The van der Waals surface area contributed by atoms with Crippen molar-refractivity contribution in [2.75, 3.05) is 31.1 Å². The van der Waals surface area contributed by atoms with Gasteiger partial charge in [0.2, 0.25) is 5.91 Å². The summed E-state index contributed by atoms with van der Waals surface area (Å²) in [4.78, 5) is 36.9. The van der Waals surface area contributed by atoms with Crippen LogP contribution in [-0.4, -0.2) is 73.3 Å². The molecule has 7 rings (SSSR count). The number of amides is 2. The van der Waals surface area contributed by atoms with Gasteiger partial charge in [-0.2, -0.15) is 5.26 Å². The SMILES string of the molecule is C[C@@H]1CN(c2c(C#N)cnc3c2CCN(C(=O)OC2(C)CC2)C3)CC[C@@H]1C(=O)N1CCn2c(nnc2C2CC2)C1. The number of pyridine rings is 1. The highest BCUT2D eigenvalue weighted by atomic mass is 16.6. The van der Waals surface area contributed by atoms with Crippen LogP contribution in [0.15, 0.2) is 6.20 Å². The summed E-state index contributed by atoms with van der Waals surface area (Å²) >= 11 is 0. The molecule has 0 bridgehead atoms. The molecule has 11 heteroatoms. The summed E-state index contributed by atoms with van der Waals surface area (Å²) in [6, 6.07) is 2.34. The third-order valence-corrected chi connectivity index (χ3v) is 9.45. The van der Waals surface area contributed by atoms with Crippen LogP contribution in [0.3, 0.4) is 0 Å². The standard InChI is InChI=1S/C29H36N8O3/c1-18-15-34(9-5-21(18)27(38)35-11-12-37-24(17-35)32-33-26(37)19-3-4-19)25-20(13-30)14-31-23-16-36(10-6-22(23)25)28(39)40-29(2)7-8-29/h14,18-19,21H,3-12,15-17H2,1-2H3/t18-,21+/m1/s1. The Morgan fingerprint density at radius 3 is 2.62 bits per heavy atom. The Morgan fingerprint density at radius 1 is 1.07 bits per heavy atom. The fourth-order valence-corrected chi connectivity index (χ4v) is 6.60. The zero-order chi connectivity index (χ0) is 27.6. The number of carbonyl (C=O) groups is 2. The lowest BCUT2D eigenvalue weighted by atomic mass is 9.84. The number of nitrogens with zero attached hydrogens (tertiary/aromatic N) is 8. The Morgan fingerprint density at radius 2 is 1.90 bits per heavy atom. The van der Waals surface area contributed by atoms with Crippen molar-refractivity contribution >= 4 is 17.7 Å². The maximum atomic E-state index is 13.7. The van der Waals surface area contributed by atoms with Gasteiger partial charge in [-0.15, -0.1) is 10.2 Å². The second-order valence-electron chi connectivity index (χ2n) is 12.5. The number of rotatable bonds is 4. The maximum Gasteiger partial charge on any atom is 0.410 e. The minimum Gasteiger partial charge on any atom is -0.443 e. The molecule has 3 fully saturated rings. The summed E-state index contributed by atoms with van der Waals surface area (Å²) in [5.74, 6) is 2.81. The Kier molecular flexibility index (Phi) is 5.98. The number of fused-ring (bicyclic) bond motifs is 2. The summed E-state index contributed by atoms with van der Waals surface area (Å²) in [5.41, 5.74) is 3.03. The van der Waals surface area contributed by atoms with Crippen molar-refractivity contribution < 1.29 is 14.3 Å². The Balaban J connectivity index is 1.04. The summed E-state index contributed by atoms with van der Waals surface area (Å²) in [6.07, 6.45) is 6.91. The molecule has 0 spiro atoms. The Labute approximate surface area is 234 Å². The van der Waals surface area contributed by atoms with Crippen molar-refractivity contribution in [3.05, 3.63) is 34.7 Å². The molecule has 0 radical (unpaired) electrons. The van der Waals surface area contributed by atoms with Crippen LogP contribution >= 0.6 is 0 Å². The normalized spacial score (nSPS) is 25.1. The van der Waals surface area contributed by atoms with E-state index in [9.17, 15) is 14.9 Å². The van der Waals surface area contributed by atoms with E-state index in [0.29, 0.717) is 57.2 Å². The molecule has 2 aromatic rings. The lowest BCUT2D eigenvalue weighted by molar-refractivity contribution is -0.139. The fourth-order valence-electron chi connectivity index (χ4n) is 6.60. The zero-order valence-electron chi connectivity index (χ0n) is 23.3. The smallest absolute Gasteiger partial charge is 0.410 e. The van der Waals surface area contributed by atoms with E-state index < -0.39 is 0 Å². The van der Waals surface area contributed by atoms with E-state index >= 15 is 0 Å². The van der Waals surface area contributed by atoms with Crippen LogP contribution in [0.4, 0.5) is 10.5 Å². The number of carbonyl (C=O) groups excluding carboxylic acids is 2. The van der Waals surface area contributed by atoms with Crippen LogP contribution in [0.25, 0.3) is 0 Å². The van der Waals surface area contributed by atoms with E-state index in [0.717, 1.165) is 54.4 Å². The van der Waals surface area contributed by atoms with Gasteiger partial charge in [-0.3, -0.25) is 9.78 Å². The molecule has 2 aromatic heterocycles. The first-order valence-corrected chi connectivity index (χ1v) is 14.7. The molecule has 0 N–H and O–H groups in total. The molecule has 2 atom stereocenters. The van der Waals surface area contributed by atoms with Gasteiger partial charge in [-0.05, 0) is 51.4 Å². The van der Waals surface area contributed by atoms with Gasteiger partial charge < -0.3 is 24.0 Å². The van der Waals surface area contributed by atoms with E-state index in [2.05, 4.69) is 37.6 Å². The van der Waals surface area contributed by atoms with Crippen molar-refractivity contribution in [3.63, 3.8) is 0 Å². The first-order chi connectivity index (χ1) is 19.3. The predicted molar refractivity (Wildman–Crippen MR) is 144 cm³/mol. The fraction of sp³-hybridized carbons (Fsp3) is 0.655. The Bertz CT molecular complexity index is 1400. The van der Waals surface area contributed by atoms with Crippen molar-refractivity contribution in [1.82, 2.24) is 29.5 Å². The molecule has 3 aliphatic heterocycles. The number of hydrogen-bond acceptors (Lipinski definition) is 8. The van der Waals surface area contributed by atoms with Crippen molar-refractivity contribution in [3.8, 4) is 6.07 Å². The van der Waals surface area contributed by atoms with Gasteiger partial charge in [0.15, 0.2) is 5.82 Å². The average Bonchev–Trinajstić information content (AvgIpc) is 3.90. The second-order valence-corrected chi connectivity index (χ2v) is 12.5. The largest absolute Gasteiger partial charge is 0.443 e. The number of aromatic nitrogens is 4. The highest BCUT2D eigenvalue weighted by Gasteiger charge is 2.43. The topological polar surface area (TPSA) is 120 Å². The van der Waals surface area contributed by atoms with E-state index in [1.165, 1.54) is 12.8 Å². The highest BCUT2D eigenvalue weighted by Crippen LogP contribution is 2.41. The average molecular weight is 545 g/mol. The van der Waals surface area contributed by atoms with Crippen LogP contribution in [0.1, 0.15) is 80.3 Å². The summed E-state index contributed by atoms with van der Waals surface area (Å²) in [6.45, 7) is 8.43. The molecule has 5 heterocycles. The number of ether oxygens (including phenoxy) is 1. The first-order valence-electron chi connectivity index (χ1n) is 14.7. The predicted octanol–water partition coefficient (Wildman–Crippen LogP) is 2.97. The number of anilines is 1. The third kappa shape index (κ3) is 4.47. The van der Waals surface area contributed by atoms with Crippen LogP contribution in [0.5, 0.6) is 0 Å². The third-order valence-electron chi connectivity index (χ3n) is 9.45. The van der Waals surface area contributed by atoms with Gasteiger partial charge in [0.1, 0.15) is 17.5 Å². The molecular weight excluding hydrogens is 508 g/mol. The van der Waals surface area contributed by atoms with E-state index in [1.54, 1.807) is 11.1 Å². The minimum atomic E-state index is -0.315. The monoisotopic (exact) mass is 544 g/mol. The molecule has 2 amide bonds. The minimum absolute atomic E-state index is 0.0640. The van der Waals surface area contributed by atoms with Gasteiger partial charge >= 0.3 is 6.09 Å². The van der Waals surface area contributed by atoms with E-state index in [-0.39, 0.29) is 29.4 Å². The molecule has 2 aliphatic carbocycles. The van der Waals surface area contributed by atoms with E-state index in [1.807, 2.05) is 11.8 Å². The first kappa shape index (κ1) is 25.3. The van der Waals surface area contributed by atoms with Gasteiger partial charge in [-0.25, -0.2) is 4.79 Å². The van der Waals surface area contributed by atoms with Gasteiger partial charge in [0, 0.05) is 56.3 Å². The van der Waals surface area contributed by atoms with Gasteiger partial charge in [-0.1, -0.05) is 6.92 Å². The lowest BCUT2D eigenvalue weighted by Gasteiger charge is -2.41. The highest BCUT2D eigenvalue weighted by molar-refractivity contribution is 5.80. The van der Waals surface area contributed by atoms with Crippen LogP contribution in [-0.2, 0) is 35.6 Å². The molecule has 1 saturated heterocycles. The zero-order valence-corrected chi connectivity index (χ0v) is 23.3. The Hall–Kier alpha value is -3.68. The molecule has 5 aliphatic rings.